The van der Waals surface area contributed by atoms with Gasteiger partial charge >= 0.3 is 5.97 Å². The van der Waals surface area contributed by atoms with Crippen LogP contribution < -0.4 is 0 Å². The number of methoxy groups -OCH3 is 1. The van der Waals surface area contributed by atoms with Crippen molar-refractivity contribution in [3.8, 4) is 0 Å². The zero-order valence-electron chi connectivity index (χ0n) is 7.34. The fourth-order valence-electron chi connectivity index (χ4n) is 1.56. The van der Waals surface area contributed by atoms with Crippen molar-refractivity contribution >= 4 is 11.8 Å². The topological polar surface area (TPSA) is 43.4 Å². The highest BCUT2D eigenvalue weighted by Crippen LogP contribution is 2.23. The van der Waals surface area contributed by atoms with Crippen LogP contribution in [0.15, 0.2) is 0 Å². The molecule has 0 heterocycles. The number of carbonyl (C=O) groups is 2. The van der Waals surface area contributed by atoms with Crippen molar-refractivity contribution in [2.24, 2.45) is 5.92 Å². The van der Waals surface area contributed by atoms with Crippen LogP contribution in [0.25, 0.3) is 0 Å². The smallest absolute Gasteiger partial charge is 0.306 e. The van der Waals surface area contributed by atoms with E-state index in [0.717, 1.165) is 19.3 Å². The van der Waals surface area contributed by atoms with Gasteiger partial charge in [0.2, 0.25) is 0 Å². The standard InChI is InChI=1S/C9H14O3/c1-12-9(11)6-7-4-2-3-5-8(7)10/h7H,2-6H2,1H3/t7-/m0/s1. The van der Waals surface area contributed by atoms with Gasteiger partial charge in [-0.15, -0.1) is 0 Å². The number of carbonyl (C=O) groups excluding carboxylic acids is 2. The predicted molar refractivity (Wildman–Crippen MR) is 43.6 cm³/mol. The molecule has 0 N–H and O–H groups in total. The molecule has 0 amide bonds. The lowest BCUT2D eigenvalue weighted by Crippen LogP contribution is -2.22. The van der Waals surface area contributed by atoms with Gasteiger partial charge in [0.25, 0.3) is 0 Å². The van der Waals surface area contributed by atoms with Gasteiger partial charge in [0.15, 0.2) is 0 Å². The van der Waals surface area contributed by atoms with Crippen molar-refractivity contribution in [1.82, 2.24) is 0 Å². The second kappa shape index (κ2) is 4.24. The Hall–Kier alpha value is -0.860. The molecule has 12 heavy (non-hydrogen) atoms. The molecule has 0 unspecified atom stereocenters. The summed E-state index contributed by atoms with van der Waals surface area (Å²) in [5.74, 6) is -0.104. The van der Waals surface area contributed by atoms with Gasteiger partial charge in [-0.25, -0.2) is 0 Å². The molecule has 0 saturated heterocycles. The van der Waals surface area contributed by atoms with E-state index in [-0.39, 0.29) is 24.1 Å². The maximum Gasteiger partial charge on any atom is 0.306 e. The quantitative estimate of drug-likeness (QED) is 0.587. The van der Waals surface area contributed by atoms with E-state index in [4.69, 9.17) is 0 Å². The van der Waals surface area contributed by atoms with Crippen LogP contribution >= 0.6 is 0 Å². The monoisotopic (exact) mass is 170 g/mol. The minimum atomic E-state index is -0.268. The lowest BCUT2D eigenvalue weighted by Gasteiger charge is -2.18. The van der Waals surface area contributed by atoms with Crippen LogP contribution in [-0.4, -0.2) is 18.9 Å². The Bertz CT molecular complexity index is 186. The fourth-order valence-corrected chi connectivity index (χ4v) is 1.56. The van der Waals surface area contributed by atoms with Crippen molar-refractivity contribution in [3.05, 3.63) is 0 Å². The summed E-state index contributed by atoms with van der Waals surface area (Å²) in [5, 5.41) is 0. The highest BCUT2D eigenvalue weighted by molar-refractivity contribution is 5.85. The SMILES string of the molecule is COC(=O)C[C@@H]1CCCCC1=O. The number of ketones is 1. The lowest BCUT2D eigenvalue weighted by molar-refractivity contribution is -0.144. The van der Waals surface area contributed by atoms with E-state index in [2.05, 4.69) is 4.74 Å². The number of ether oxygens (including phenoxy) is 1. The number of hydrogen-bond acceptors (Lipinski definition) is 3. The average molecular weight is 170 g/mol. The zero-order chi connectivity index (χ0) is 8.97. The molecular formula is C9H14O3. The van der Waals surface area contributed by atoms with E-state index in [1.54, 1.807) is 0 Å². The van der Waals surface area contributed by atoms with Crippen LogP contribution in [0.5, 0.6) is 0 Å². The second-order valence-electron chi connectivity index (χ2n) is 3.19. The molecule has 0 aromatic heterocycles. The Morgan fingerprint density at radius 3 is 2.92 bits per heavy atom. The zero-order valence-corrected chi connectivity index (χ0v) is 7.34. The summed E-state index contributed by atoms with van der Waals surface area (Å²) in [4.78, 5) is 22.1. The van der Waals surface area contributed by atoms with Crippen LogP contribution in [0.2, 0.25) is 0 Å². The van der Waals surface area contributed by atoms with Crippen molar-refractivity contribution in [1.29, 1.82) is 0 Å². The maximum absolute atomic E-state index is 11.2. The van der Waals surface area contributed by atoms with Gasteiger partial charge in [-0.3, -0.25) is 9.59 Å². The number of rotatable bonds is 2. The molecular weight excluding hydrogens is 156 g/mol. The van der Waals surface area contributed by atoms with Gasteiger partial charge in [-0.05, 0) is 12.8 Å². The maximum atomic E-state index is 11.2. The molecule has 0 spiro atoms. The van der Waals surface area contributed by atoms with E-state index < -0.39 is 0 Å². The lowest BCUT2D eigenvalue weighted by atomic mass is 9.86. The van der Waals surface area contributed by atoms with Gasteiger partial charge in [0, 0.05) is 12.3 Å². The van der Waals surface area contributed by atoms with Crippen molar-refractivity contribution in [2.45, 2.75) is 32.1 Å². The number of esters is 1. The molecule has 3 nitrogen and oxygen atoms in total. The highest BCUT2D eigenvalue weighted by atomic mass is 16.5. The first-order valence-electron chi connectivity index (χ1n) is 4.33. The van der Waals surface area contributed by atoms with E-state index in [1.807, 2.05) is 0 Å². The minimum Gasteiger partial charge on any atom is -0.469 e. The molecule has 1 atom stereocenters. The first kappa shape index (κ1) is 9.23. The summed E-state index contributed by atoms with van der Waals surface area (Å²) in [6, 6.07) is 0. The Kier molecular flexibility index (Phi) is 3.26. The van der Waals surface area contributed by atoms with Gasteiger partial charge < -0.3 is 4.74 Å². The van der Waals surface area contributed by atoms with E-state index in [0.29, 0.717) is 6.42 Å². The third-order valence-corrected chi connectivity index (χ3v) is 2.32. The summed E-state index contributed by atoms with van der Waals surface area (Å²) in [5.41, 5.74) is 0. The number of hydrogen-bond donors (Lipinski definition) is 0. The molecule has 0 aliphatic heterocycles. The van der Waals surface area contributed by atoms with Crippen molar-refractivity contribution in [2.75, 3.05) is 7.11 Å². The second-order valence-corrected chi connectivity index (χ2v) is 3.19. The molecule has 1 fully saturated rings. The fraction of sp³-hybridized carbons (Fsp3) is 0.778. The normalized spacial score (nSPS) is 23.8. The van der Waals surface area contributed by atoms with Gasteiger partial charge in [-0.1, -0.05) is 6.42 Å². The van der Waals surface area contributed by atoms with E-state index in [9.17, 15) is 9.59 Å². The molecule has 3 heteroatoms. The van der Waals surface area contributed by atoms with Crippen LogP contribution in [0, 0.1) is 5.92 Å². The van der Waals surface area contributed by atoms with Crippen molar-refractivity contribution in [3.63, 3.8) is 0 Å². The third kappa shape index (κ3) is 2.32. The molecule has 1 rings (SSSR count). The first-order chi connectivity index (χ1) is 5.74. The largest absolute Gasteiger partial charge is 0.469 e. The summed E-state index contributed by atoms with van der Waals surface area (Å²) in [6.07, 6.45) is 3.81. The molecule has 1 saturated carbocycles. The van der Waals surface area contributed by atoms with Crippen molar-refractivity contribution < 1.29 is 14.3 Å². The summed E-state index contributed by atoms with van der Waals surface area (Å²) < 4.78 is 4.51. The Morgan fingerprint density at radius 2 is 2.33 bits per heavy atom. The highest BCUT2D eigenvalue weighted by Gasteiger charge is 2.24. The Morgan fingerprint density at radius 1 is 1.58 bits per heavy atom. The number of Topliss-reactive ketones (excluding diaryl/α,β-unsaturated/α-hetero) is 1. The van der Waals surface area contributed by atoms with Crippen LogP contribution in [-0.2, 0) is 14.3 Å². The van der Waals surface area contributed by atoms with Gasteiger partial charge in [0.05, 0.1) is 13.5 Å². The Balaban J connectivity index is 2.39. The van der Waals surface area contributed by atoms with E-state index in [1.165, 1.54) is 7.11 Å². The summed E-state index contributed by atoms with van der Waals surface area (Å²) in [7, 11) is 1.36. The summed E-state index contributed by atoms with van der Waals surface area (Å²) in [6.45, 7) is 0. The van der Waals surface area contributed by atoms with Gasteiger partial charge in [0.1, 0.15) is 5.78 Å². The van der Waals surface area contributed by atoms with Crippen LogP contribution in [0.3, 0.4) is 0 Å². The molecule has 0 aromatic rings. The van der Waals surface area contributed by atoms with Crippen LogP contribution in [0.4, 0.5) is 0 Å². The van der Waals surface area contributed by atoms with E-state index >= 15 is 0 Å². The molecule has 1 aliphatic carbocycles. The molecule has 1 aliphatic rings. The first-order valence-corrected chi connectivity index (χ1v) is 4.33. The molecule has 0 radical (unpaired) electrons. The molecule has 0 bridgehead atoms. The van der Waals surface area contributed by atoms with Crippen LogP contribution in [0.1, 0.15) is 32.1 Å². The third-order valence-electron chi connectivity index (χ3n) is 2.32. The minimum absolute atomic E-state index is 0.0637. The summed E-state index contributed by atoms with van der Waals surface area (Å²) >= 11 is 0. The predicted octanol–water partition coefficient (Wildman–Crippen LogP) is 1.31. The molecule has 0 aromatic carbocycles. The average Bonchev–Trinajstić information content (AvgIpc) is 2.09. The molecule has 68 valence electrons. The Labute approximate surface area is 72.1 Å². The van der Waals surface area contributed by atoms with Gasteiger partial charge in [-0.2, -0.15) is 0 Å².